The van der Waals surface area contributed by atoms with Gasteiger partial charge in [0, 0.05) is 11.9 Å². The van der Waals surface area contributed by atoms with E-state index in [1.807, 2.05) is 12.3 Å². The lowest BCUT2D eigenvalue weighted by molar-refractivity contribution is 0.978. The normalized spacial score (nSPS) is 9.18. The maximum absolute atomic E-state index is 4.94. The third kappa shape index (κ3) is 2.81. The lowest BCUT2D eigenvalue weighted by atomic mass is 10.7. The van der Waals surface area contributed by atoms with Crippen LogP contribution in [0.4, 0.5) is 5.82 Å². The molecule has 0 saturated carbocycles. The third-order valence-corrected chi connectivity index (χ3v) is 1.84. The van der Waals surface area contributed by atoms with E-state index >= 15 is 0 Å². The molecular formula is C6H9N3S2. The lowest BCUT2D eigenvalue weighted by Crippen LogP contribution is -2.27. The summed E-state index contributed by atoms with van der Waals surface area (Å²) in [5, 5.41) is 8.44. The molecule has 60 valence electrons. The van der Waals surface area contributed by atoms with Crippen molar-refractivity contribution < 1.29 is 0 Å². The average Bonchev–Trinajstić information content (AvgIpc) is 2.40. The summed E-state index contributed by atoms with van der Waals surface area (Å²) >= 11 is 6.48. The first-order valence-electron chi connectivity index (χ1n) is 3.26. The van der Waals surface area contributed by atoms with Crippen LogP contribution >= 0.6 is 23.6 Å². The number of hydrogen-bond acceptors (Lipinski definition) is 3. The van der Waals surface area contributed by atoms with Gasteiger partial charge in [-0.3, -0.25) is 0 Å². The van der Waals surface area contributed by atoms with Crippen LogP contribution in [0.1, 0.15) is 6.92 Å². The van der Waals surface area contributed by atoms with E-state index < -0.39 is 0 Å². The number of thiocarbonyl (C=S) groups is 1. The average molecular weight is 187 g/mol. The fourth-order valence-corrected chi connectivity index (χ4v) is 1.33. The molecule has 0 radical (unpaired) electrons. The Labute approximate surface area is 74.8 Å². The minimum absolute atomic E-state index is 0.624. The second kappa shape index (κ2) is 4.25. The smallest absolute Gasteiger partial charge is 0.171 e. The van der Waals surface area contributed by atoms with E-state index in [0.717, 1.165) is 12.4 Å². The zero-order valence-corrected chi connectivity index (χ0v) is 7.76. The summed E-state index contributed by atoms with van der Waals surface area (Å²) in [4.78, 5) is 4.02. The van der Waals surface area contributed by atoms with E-state index in [4.69, 9.17) is 12.2 Å². The summed E-state index contributed by atoms with van der Waals surface area (Å²) < 4.78 is 0. The van der Waals surface area contributed by atoms with Crippen molar-refractivity contribution in [2.45, 2.75) is 6.92 Å². The number of hydrogen-bond donors (Lipinski definition) is 2. The van der Waals surface area contributed by atoms with Crippen molar-refractivity contribution in [1.29, 1.82) is 0 Å². The van der Waals surface area contributed by atoms with Gasteiger partial charge in [0.1, 0.15) is 5.82 Å². The molecule has 0 saturated heterocycles. The molecule has 3 nitrogen and oxygen atoms in total. The maximum Gasteiger partial charge on any atom is 0.171 e. The Morgan fingerprint density at radius 3 is 3.18 bits per heavy atom. The van der Waals surface area contributed by atoms with Crippen LogP contribution in [-0.2, 0) is 0 Å². The highest BCUT2D eigenvalue weighted by atomic mass is 32.1. The second-order valence-electron chi connectivity index (χ2n) is 1.86. The topological polar surface area (TPSA) is 37.0 Å². The number of nitrogens with zero attached hydrogens (tertiary/aromatic N) is 1. The Morgan fingerprint density at radius 2 is 2.64 bits per heavy atom. The lowest BCUT2D eigenvalue weighted by Gasteiger charge is -2.04. The Bertz CT molecular complexity index is 220. The van der Waals surface area contributed by atoms with Crippen LogP contribution in [0.3, 0.4) is 0 Å². The molecule has 11 heavy (non-hydrogen) atoms. The summed E-state index contributed by atoms with van der Waals surface area (Å²) in [5.74, 6) is 0.806. The van der Waals surface area contributed by atoms with E-state index in [2.05, 4.69) is 15.6 Å². The Hall–Kier alpha value is -0.680. The van der Waals surface area contributed by atoms with Crippen molar-refractivity contribution in [1.82, 2.24) is 10.3 Å². The van der Waals surface area contributed by atoms with E-state index in [-0.39, 0.29) is 0 Å². The third-order valence-electron chi connectivity index (χ3n) is 1.01. The van der Waals surface area contributed by atoms with Crippen molar-refractivity contribution in [2.24, 2.45) is 0 Å². The molecule has 5 heteroatoms. The molecule has 1 aromatic heterocycles. The predicted molar refractivity (Wildman–Crippen MR) is 52.0 cm³/mol. The number of aromatic nitrogens is 1. The quantitative estimate of drug-likeness (QED) is 0.687. The van der Waals surface area contributed by atoms with E-state index in [9.17, 15) is 0 Å². The van der Waals surface area contributed by atoms with Gasteiger partial charge >= 0.3 is 0 Å². The largest absolute Gasteiger partial charge is 0.363 e. The first-order valence-corrected chi connectivity index (χ1v) is 4.61. The van der Waals surface area contributed by atoms with E-state index in [0.29, 0.717) is 5.11 Å². The fraction of sp³-hybridized carbons (Fsp3) is 0.333. The van der Waals surface area contributed by atoms with Crippen molar-refractivity contribution in [3.8, 4) is 0 Å². The number of nitrogens with one attached hydrogen (secondary N) is 2. The number of thiazole rings is 1. The van der Waals surface area contributed by atoms with E-state index in [1.54, 1.807) is 5.51 Å². The molecule has 0 bridgehead atoms. The van der Waals surface area contributed by atoms with Crippen LogP contribution in [0.25, 0.3) is 0 Å². The van der Waals surface area contributed by atoms with Gasteiger partial charge in [-0.05, 0) is 19.1 Å². The Kier molecular flexibility index (Phi) is 3.25. The van der Waals surface area contributed by atoms with Gasteiger partial charge in [0.05, 0.1) is 5.51 Å². The first-order chi connectivity index (χ1) is 5.33. The molecular weight excluding hydrogens is 178 g/mol. The van der Waals surface area contributed by atoms with Gasteiger partial charge in [0.15, 0.2) is 5.11 Å². The minimum Gasteiger partial charge on any atom is -0.363 e. The van der Waals surface area contributed by atoms with Gasteiger partial charge < -0.3 is 10.6 Å². The summed E-state index contributed by atoms with van der Waals surface area (Å²) in [5.41, 5.74) is 1.76. The highest BCUT2D eigenvalue weighted by Gasteiger charge is 1.95. The molecule has 2 N–H and O–H groups in total. The molecule has 0 unspecified atom stereocenters. The Morgan fingerprint density at radius 1 is 1.82 bits per heavy atom. The molecule has 1 heterocycles. The molecule has 0 aliphatic rings. The van der Waals surface area contributed by atoms with Crippen molar-refractivity contribution in [3.05, 3.63) is 10.9 Å². The summed E-state index contributed by atoms with van der Waals surface area (Å²) in [7, 11) is 0. The van der Waals surface area contributed by atoms with Crippen molar-refractivity contribution in [2.75, 3.05) is 11.9 Å². The SMILES string of the molecule is CCNC(=S)Nc1cscn1. The van der Waals surface area contributed by atoms with Gasteiger partial charge in [0.25, 0.3) is 0 Å². The Balaban J connectivity index is 2.37. The molecule has 1 rings (SSSR count). The van der Waals surface area contributed by atoms with E-state index in [1.165, 1.54) is 11.3 Å². The highest BCUT2D eigenvalue weighted by Crippen LogP contribution is 2.05. The summed E-state index contributed by atoms with van der Waals surface area (Å²) in [6.45, 7) is 2.82. The van der Waals surface area contributed by atoms with Gasteiger partial charge in [-0.15, -0.1) is 11.3 Å². The number of anilines is 1. The van der Waals surface area contributed by atoms with Crippen LogP contribution in [0.5, 0.6) is 0 Å². The van der Waals surface area contributed by atoms with Gasteiger partial charge in [0.2, 0.25) is 0 Å². The predicted octanol–water partition coefficient (Wildman–Crippen LogP) is 1.45. The number of rotatable bonds is 2. The van der Waals surface area contributed by atoms with Crippen LogP contribution in [0.2, 0.25) is 0 Å². The van der Waals surface area contributed by atoms with Gasteiger partial charge in [-0.25, -0.2) is 4.98 Å². The molecule has 0 aliphatic heterocycles. The molecule has 0 spiro atoms. The van der Waals surface area contributed by atoms with Crippen LogP contribution in [-0.4, -0.2) is 16.6 Å². The van der Waals surface area contributed by atoms with Crippen LogP contribution in [0, 0.1) is 0 Å². The van der Waals surface area contributed by atoms with Crippen molar-refractivity contribution in [3.63, 3.8) is 0 Å². The maximum atomic E-state index is 4.94. The second-order valence-corrected chi connectivity index (χ2v) is 2.99. The van der Waals surface area contributed by atoms with Gasteiger partial charge in [-0.2, -0.15) is 0 Å². The van der Waals surface area contributed by atoms with Crippen LogP contribution in [0.15, 0.2) is 10.9 Å². The summed E-state index contributed by atoms with van der Waals surface area (Å²) in [6, 6.07) is 0. The fourth-order valence-electron chi connectivity index (χ4n) is 0.595. The molecule has 0 aliphatic carbocycles. The monoisotopic (exact) mass is 187 g/mol. The molecule has 0 amide bonds. The zero-order chi connectivity index (χ0) is 8.10. The first kappa shape index (κ1) is 8.42. The molecule has 0 atom stereocenters. The van der Waals surface area contributed by atoms with Gasteiger partial charge in [-0.1, -0.05) is 0 Å². The highest BCUT2D eigenvalue weighted by molar-refractivity contribution is 7.80. The molecule has 0 aromatic carbocycles. The minimum atomic E-state index is 0.624. The van der Waals surface area contributed by atoms with Crippen molar-refractivity contribution >= 4 is 34.5 Å². The van der Waals surface area contributed by atoms with Crippen LogP contribution < -0.4 is 10.6 Å². The molecule has 0 fully saturated rings. The standard InChI is InChI=1S/C6H9N3S2/c1-2-7-6(10)9-5-3-11-4-8-5/h3-4H,2H2,1H3,(H2,7,9,10). The summed E-state index contributed by atoms with van der Waals surface area (Å²) in [6.07, 6.45) is 0. The molecule has 1 aromatic rings. The zero-order valence-electron chi connectivity index (χ0n) is 6.13.